The van der Waals surface area contributed by atoms with Gasteiger partial charge in [0.15, 0.2) is 5.82 Å². The molecule has 0 radical (unpaired) electrons. The fraction of sp³-hybridized carbons (Fsp3) is 0.571. The minimum atomic E-state index is -0.524. The number of benzene rings is 1. The third-order valence-electron chi connectivity index (χ3n) is 5.97. The number of amides is 1. The summed E-state index contributed by atoms with van der Waals surface area (Å²) in [6.07, 6.45) is 0.573. The van der Waals surface area contributed by atoms with E-state index in [1.807, 2.05) is 25.7 Å². The number of aromatic nitrogens is 2. The number of anilines is 1. The van der Waals surface area contributed by atoms with Gasteiger partial charge in [-0.25, -0.2) is 19.2 Å². The summed E-state index contributed by atoms with van der Waals surface area (Å²) >= 11 is 3.38. The van der Waals surface area contributed by atoms with Gasteiger partial charge < -0.3 is 19.3 Å². The summed E-state index contributed by atoms with van der Waals surface area (Å²) in [5.41, 5.74) is 1.57. The maximum absolute atomic E-state index is 15.1. The van der Waals surface area contributed by atoms with Crippen LogP contribution in [0.2, 0.25) is 0 Å². The van der Waals surface area contributed by atoms with E-state index >= 15 is 4.39 Å². The molecule has 160 valence electrons. The highest BCUT2D eigenvalue weighted by atomic mass is 79.9. The molecular formula is C21H24BrFN4O3. The zero-order chi connectivity index (χ0) is 21.4. The summed E-state index contributed by atoms with van der Waals surface area (Å²) < 4.78 is 26.7. The zero-order valence-corrected chi connectivity index (χ0v) is 19.0. The van der Waals surface area contributed by atoms with Crippen molar-refractivity contribution >= 4 is 38.7 Å². The molecule has 2 atom stereocenters. The average molecular weight is 479 g/mol. The van der Waals surface area contributed by atoms with Gasteiger partial charge in [-0.1, -0.05) is 0 Å². The fourth-order valence-corrected chi connectivity index (χ4v) is 5.30. The minimum Gasteiger partial charge on any atom is -0.444 e. The van der Waals surface area contributed by atoms with E-state index in [4.69, 9.17) is 14.5 Å². The molecule has 1 amide bonds. The summed E-state index contributed by atoms with van der Waals surface area (Å²) in [4.78, 5) is 25.7. The van der Waals surface area contributed by atoms with Crippen molar-refractivity contribution in [3.05, 3.63) is 27.2 Å². The van der Waals surface area contributed by atoms with Gasteiger partial charge in [-0.3, -0.25) is 0 Å². The molecule has 2 saturated heterocycles. The van der Waals surface area contributed by atoms with E-state index in [1.165, 1.54) is 0 Å². The molecule has 9 heteroatoms. The first kappa shape index (κ1) is 19.9. The van der Waals surface area contributed by atoms with Crippen LogP contribution in [0.5, 0.6) is 0 Å². The number of rotatable bonds is 1. The highest BCUT2D eigenvalue weighted by Gasteiger charge is 2.47. The van der Waals surface area contributed by atoms with E-state index < -0.39 is 5.60 Å². The van der Waals surface area contributed by atoms with Crippen molar-refractivity contribution in [2.45, 2.75) is 65.0 Å². The monoisotopic (exact) mass is 478 g/mol. The molecule has 2 unspecified atom stereocenters. The molecule has 2 aromatic rings. The Labute approximate surface area is 182 Å². The van der Waals surface area contributed by atoms with Crippen LogP contribution in [0.1, 0.15) is 44.1 Å². The number of halogens is 2. The molecule has 2 fully saturated rings. The molecule has 5 rings (SSSR count). The maximum Gasteiger partial charge on any atom is 0.410 e. The van der Waals surface area contributed by atoms with Crippen LogP contribution in [0.25, 0.3) is 10.9 Å². The van der Waals surface area contributed by atoms with Crippen LogP contribution in [0.15, 0.2) is 4.47 Å². The second-order valence-corrected chi connectivity index (χ2v) is 10.0. The number of hydrogen-bond donors (Lipinski definition) is 0. The average Bonchev–Trinajstić information content (AvgIpc) is 3.38. The molecule has 0 aliphatic carbocycles. The molecule has 0 spiro atoms. The summed E-state index contributed by atoms with van der Waals surface area (Å²) in [6, 6.07) is 0.171. The lowest BCUT2D eigenvalue weighted by Gasteiger charge is -2.36. The Balaban J connectivity index is 1.53. The lowest BCUT2D eigenvalue weighted by Crippen LogP contribution is -2.50. The molecule has 3 aliphatic rings. The third-order valence-corrected chi connectivity index (χ3v) is 6.79. The van der Waals surface area contributed by atoms with E-state index in [0.717, 1.165) is 28.8 Å². The number of ether oxygens (including phenoxy) is 2. The summed E-state index contributed by atoms with van der Waals surface area (Å²) in [5, 5.41) is 0.727. The number of piperazine rings is 1. The first-order chi connectivity index (χ1) is 14.1. The Morgan fingerprint density at radius 1 is 1.20 bits per heavy atom. The summed E-state index contributed by atoms with van der Waals surface area (Å²) in [6.45, 7) is 9.39. The smallest absolute Gasteiger partial charge is 0.410 e. The quantitative estimate of drug-likeness (QED) is 0.615. The van der Waals surface area contributed by atoms with E-state index in [2.05, 4.69) is 25.8 Å². The summed E-state index contributed by atoms with van der Waals surface area (Å²) in [5.74, 6) is 0.886. The fourth-order valence-electron chi connectivity index (χ4n) is 4.76. The Kier molecular flexibility index (Phi) is 4.49. The van der Waals surface area contributed by atoms with Gasteiger partial charge in [0, 0.05) is 18.7 Å². The van der Waals surface area contributed by atoms with Gasteiger partial charge in [-0.05, 0) is 55.6 Å². The minimum absolute atomic E-state index is 0.0553. The summed E-state index contributed by atoms with van der Waals surface area (Å²) in [7, 11) is 0. The van der Waals surface area contributed by atoms with Crippen molar-refractivity contribution in [1.29, 1.82) is 0 Å². The number of hydrogen-bond acceptors (Lipinski definition) is 6. The normalized spacial score (nSPS) is 22.9. The van der Waals surface area contributed by atoms with Crippen LogP contribution in [0.3, 0.4) is 0 Å². The van der Waals surface area contributed by atoms with Gasteiger partial charge in [-0.15, -0.1) is 0 Å². The number of likely N-dealkylation sites (tertiary alicyclic amines) is 1. The van der Waals surface area contributed by atoms with Crippen molar-refractivity contribution < 1.29 is 18.7 Å². The SMILES string of the molecule is Cc1nc(N2CC3CC2CN3C(=O)OC(C)(C)C)c2c3c(c(Br)c(F)c2n1)COC3. The van der Waals surface area contributed by atoms with Gasteiger partial charge >= 0.3 is 6.09 Å². The van der Waals surface area contributed by atoms with Crippen molar-refractivity contribution in [2.24, 2.45) is 0 Å². The molecule has 3 aliphatic heterocycles. The Bertz CT molecular complexity index is 1070. The van der Waals surface area contributed by atoms with Crippen LogP contribution in [0, 0.1) is 12.7 Å². The number of fused-ring (bicyclic) bond motifs is 5. The second-order valence-electron chi connectivity index (χ2n) is 9.22. The first-order valence-corrected chi connectivity index (χ1v) is 10.9. The first-order valence-electron chi connectivity index (χ1n) is 10.1. The Morgan fingerprint density at radius 2 is 1.93 bits per heavy atom. The number of aryl methyl sites for hydroxylation is 1. The number of carbonyl (C=O) groups is 1. The molecular weight excluding hydrogens is 455 g/mol. The highest BCUT2D eigenvalue weighted by Crippen LogP contribution is 2.43. The van der Waals surface area contributed by atoms with Gasteiger partial charge in [0.2, 0.25) is 0 Å². The van der Waals surface area contributed by atoms with Crippen LogP contribution in [-0.4, -0.2) is 51.7 Å². The van der Waals surface area contributed by atoms with Gasteiger partial charge in [0.1, 0.15) is 22.8 Å². The lowest BCUT2D eigenvalue weighted by atomic mass is 10.0. The standard InChI is InChI=1S/C21H24BrFN4O3/c1-10-24-18-15(13-8-29-9-14(13)16(22)17(18)23)19(25-10)26-6-12-5-11(26)7-27(12)20(28)30-21(2,3)4/h11-12H,5-9H2,1-4H3. The van der Waals surface area contributed by atoms with Crippen LogP contribution >= 0.6 is 15.9 Å². The van der Waals surface area contributed by atoms with E-state index in [-0.39, 0.29) is 24.0 Å². The van der Waals surface area contributed by atoms with E-state index in [9.17, 15) is 4.79 Å². The van der Waals surface area contributed by atoms with Crippen LogP contribution in [0.4, 0.5) is 15.0 Å². The van der Waals surface area contributed by atoms with Crippen molar-refractivity contribution in [3.63, 3.8) is 0 Å². The molecule has 30 heavy (non-hydrogen) atoms. The Hall–Kier alpha value is -2.00. The predicted octanol–water partition coefficient (Wildman–Crippen LogP) is 4.07. The predicted molar refractivity (Wildman–Crippen MR) is 113 cm³/mol. The largest absolute Gasteiger partial charge is 0.444 e. The molecule has 1 aromatic heterocycles. The third kappa shape index (κ3) is 3.05. The number of carbonyl (C=O) groups excluding carboxylic acids is 1. The van der Waals surface area contributed by atoms with Crippen molar-refractivity contribution in [2.75, 3.05) is 18.0 Å². The van der Waals surface area contributed by atoms with Gasteiger partial charge in [-0.2, -0.15) is 0 Å². The molecule has 4 heterocycles. The molecule has 0 saturated carbocycles. The Morgan fingerprint density at radius 3 is 2.60 bits per heavy atom. The molecule has 0 N–H and O–H groups in total. The van der Waals surface area contributed by atoms with Crippen LogP contribution in [-0.2, 0) is 22.7 Å². The van der Waals surface area contributed by atoms with E-state index in [1.54, 1.807) is 6.92 Å². The van der Waals surface area contributed by atoms with Crippen LogP contribution < -0.4 is 4.90 Å². The molecule has 7 nitrogen and oxygen atoms in total. The molecule has 1 aromatic carbocycles. The second kappa shape index (κ2) is 6.75. The lowest BCUT2D eigenvalue weighted by molar-refractivity contribution is 0.0214. The van der Waals surface area contributed by atoms with Gasteiger partial charge in [0.25, 0.3) is 0 Å². The van der Waals surface area contributed by atoms with E-state index in [0.29, 0.717) is 42.1 Å². The topological polar surface area (TPSA) is 67.8 Å². The number of nitrogens with zero attached hydrogens (tertiary/aromatic N) is 4. The zero-order valence-electron chi connectivity index (χ0n) is 17.5. The van der Waals surface area contributed by atoms with Crippen molar-refractivity contribution in [3.8, 4) is 0 Å². The maximum atomic E-state index is 15.1. The highest BCUT2D eigenvalue weighted by molar-refractivity contribution is 9.10. The van der Waals surface area contributed by atoms with Crippen molar-refractivity contribution in [1.82, 2.24) is 14.9 Å². The van der Waals surface area contributed by atoms with Gasteiger partial charge in [0.05, 0.1) is 35.2 Å². The molecule has 2 bridgehead atoms.